The van der Waals surface area contributed by atoms with E-state index in [1.807, 2.05) is 51.1 Å². The number of benzene rings is 2. The van der Waals surface area contributed by atoms with E-state index in [2.05, 4.69) is 11.4 Å². The Bertz CT molecular complexity index is 1160. The highest BCUT2D eigenvalue weighted by molar-refractivity contribution is 5.94. The summed E-state index contributed by atoms with van der Waals surface area (Å²) in [5.74, 6) is 0.267. The lowest BCUT2D eigenvalue weighted by molar-refractivity contribution is -0.149. The van der Waals surface area contributed by atoms with E-state index in [0.717, 1.165) is 16.9 Å². The van der Waals surface area contributed by atoms with E-state index in [0.29, 0.717) is 29.5 Å². The van der Waals surface area contributed by atoms with E-state index in [9.17, 15) is 14.9 Å². The van der Waals surface area contributed by atoms with Gasteiger partial charge in [-0.15, -0.1) is 0 Å². The average molecular weight is 447 g/mol. The molecule has 0 aliphatic carbocycles. The molecule has 8 nitrogen and oxygen atoms in total. The Morgan fingerprint density at radius 3 is 2.21 bits per heavy atom. The molecule has 3 rings (SSSR count). The lowest BCUT2D eigenvalue weighted by Gasteiger charge is -2.13. The third-order valence-electron chi connectivity index (χ3n) is 4.95. The Balaban J connectivity index is 1.60. The first-order chi connectivity index (χ1) is 15.9. The molecule has 0 fully saturated rings. The Hall–Kier alpha value is -4.25. The van der Waals surface area contributed by atoms with Crippen LogP contribution < -0.4 is 14.8 Å². The fourth-order valence-electron chi connectivity index (χ4n) is 3.26. The van der Waals surface area contributed by atoms with Crippen LogP contribution in [0.2, 0.25) is 0 Å². The number of carbonyl (C=O) groups is 2. The minimum Gasteiger partial charge on any atom is -0.494 e. The molecule has 33 heavy (non-hydrogen) atoms. The highest BCUT2D eigenvalue weighted by atomic mass is 16.6. The van der Waals surface area contributed by atoms with Gasteiger partial charge in [-0.3, -0.25) is 9.36 Å². The van der Waals surface area contributed by atoms with E-state index >= 15 is 0 Å². The summed E-state index contributed by atoms with van der Waals surface area (Å²) in [6, 6.07) is 18.3. The molecule has 0 aliphatic rings. The molecule has 1 aromatic heterocycles. The number of esters is 1. The molecule has 170 valence electrons. The molecule has 8 heteroatoms. The highest BCUT2D eigenvalue weighted by Crippen LogP contribution is 2.29. The van der Waals surface area contributed by atoms with Gasteiger partial charge in [0.15, 0.2) is 13.2 Å². The van der Waals surface area contributed by atoms with Crippen molar-refractivity contribution >= 4 is 17.7 Å². The van der Waals surface area contributed by atoms with Crippen LogP contribution >= 0.6 is 0 Å². The van der Waals surface area contributed by atoms with Gasteiger partial charge in [0.2, 0.25) is 0 Å². The van der Waals surface area contributed by atoms with Gasteiger partial charge in [-0.2, -0.15) is 5.26 Å². The van der Waals surface area contributed by atoms with Crippen LogP contribution in [0.1, 0.15) is 23.7 Å². The minimum atomic E-state index is -0.689. The van der Waals surface area contributed by atoms with Crippen LogP contribution in [0.3, 0.4) is 0 Å². The number of anilines is 1. The predicted octanol–water partition coefficient (Wildman–Crippen LogP) is 3.93. The van der Waals surface area contributed by atoms with Gasteiger partial charge in [-0.25, -0.2) is 4.79 Å². The van der Waals surface area contributed by atoms with Gasteiger partial charge >= 0.3 is 5.97 Å². The average Bonchev–Trinajstić information content (AvgIpc) is 3.06. The molecule has 1 N–H and O–H groups in total. The molecular weight excluding hydrogens is 422 g/mol. The number of nitrogens with zero attached hydrogens (tertiary/aromatic N) is 2. The Morgan fingerprint density at radius 2 is 1.61 bits per heavy atom. The molecule has 0 radical (unpaired) electrons. The zero-order valence-electron chi connectivity index (χ0n) is 18.8. The number of ether oxygens (including phenoxy) is 3. The van der Waals surface area contributed by atoms with Gasteiger partial charge in [-0.05, 0) is 62.7 Å². The summed E-state index contributed by atoms with van der Waals surface area (Å²) in [5.41, 5.74) is 2.75. The van der Waals surface area contributed by atoms with Crippen molar-refractivity contribution in [1.29, 1.82) is 5.26 Å². The molecule has 1 heterocycles. The number of hydrogen-bond donors (Lipinski definition) is 1. The molecule has 1 amide bonds. The molecule has 0 aliphatic heterocycles. The number of amides is 1. The van der Waals surface area contributed by atoms with E-state index in [1.165, 1.54) is 0 Å². The van der Waals surface area contributed by atoms with Gasteiger partial charge in [0.05, 0.1) is 12.2 Å². The molecule has 0 spiro atoms. The maximum atomic E-state index is 12.5. The molecule has 0 saturated carbocycles. The molecular formula is C25H25N3O5. The summed E-state index contributed by atoms with van der Waals surface area (Å²) >= 11 is 0. The Kier molecular flexibility index (Phi) is 7.71. The van der Waals surface area contributed by atoms with Crippen LogP contribution in [0, 0.1) is 25.2 Å². The van der Waals surface area contributed by atoms with E-state index in [1.54, 1.807) is 28.8 Å². The van der Waals surface area contributed by atoms with Gasteiger partial charge in [0, 0.05) is 11.4 Å². The Labute approximate surface area is 192 Å². The number of aromatic nitrogens is 1. The molecule has 0 atom stereocenters. The van der Waals surface area contributed by atoms with Gasteiger partial charge < -0.3 is 19.5 Å². The highest BCUT2D eigenvalue weighted by Gasteiger charge is 2.21. The van der Waals surface area contributed by atoms with Crippen molar-refractivity contribution in [3.63, 3.8) is 0 Å². The lowest BCUT2D eigenvalue weighted by atomic mass is 10.2. The first kappa shape index (κ1) is 23.4. The number of hydrogen-bond acceptors (Lipinski definition) is 6. The molecule has 2 aromatic carbocycles. The number of nitrogens with one attached hydrogen (secondary N) is 1. The van der Waals surface area contributed by atoms with Crippen molar-refractivity contribution < 1.29 is 23.8 Å². The van der Waals surface area contributed by atoms with Crippen LogP contribution in [-0.2, 0) is 14.3 Å². The predicted molar refractivity (Wildman–Crippen MR) is 123 cm³/mol. The summed E-state index contributed by atoms with van der Waals surface area (Å²) in [4.78, 5) is 24.5. The van der Waals surface area contributed by atoms with Crippen molar-refractivity contribution in [2.24, 2.45) is 0 Å². The van der Waals surface area contributed by atoms with Crippen LogP contribution in [0.5, 0.6) is 11.5 Å². The first-order valence-electron chi connectivity index (χ1n) is 10.4. The standard InChI is InChI=1S/C25H25N3O5/c1-4-31-20-10-12-21(13-11-20)32-16-24(30)33-15-23(29)27-25-22(14-26)17(2)18(3)28(25)19-8-6-5-7-9-19/h5-13H,4,15-16H2,1-3H3,(H,27,29). The number of rotatable bonds is 9. The summed E-state index contributed by atoms with van der Waals surface area (Å²) in [5, 5.41) is 12.3. The van der Waals surface area contributed by atoms with Crippen molar-refractivity contribution in [3.8, 4) is 23.3 Å². The minimum absolute atomic E-state index is 0.338. The molecule has 0 unspecified atom stereocenters. The second-order valence-electron chi connectivity index (χ2n) is 7.12. The van der Waals surface area contributed by atoms with Crippen molar-refractivity contribution in [2.45, 2.75) is 20.8 Å². The number of para-hydroxylation sites is 1. The van der Waals surface area contributed by atoms with Gasteiger partial charge in [-0.1, -0.05) is 18.2 Å². The third kappa shape index (κ3) is 5.71. The zero-order chi connectivity index (χ0) is 23.8. The van der Waals surface area contributed by atoms with E-state index < -0.39 is 18.5 Å². The monoisotopic (exact) mass is 447 g/mol. The fourth-order valence-corrected chi connectivity index (χ4v) is 3.26. The van der Waals surface area contributed by atoms with Gasteiger partial charge in [0.25, 0.3) is 5.91 Å². The topological polar surface area (TPSA) is 103 Å². The molecule has 0 saturated heterocycles. The summed E-state index contributed by atoms with van der Waals surface area (Å²) in [6.07, 6.45) is 0. The number of carbonyl (C=O) groups excluding carboxylic acids is 2. The normalized spacial score (nSPS) is 10.2. The third-order valence-corrected chi connectivity index (χ3v) is 4.95. The SMILES string of the molecule is CCOc1ccc(OCC(=O)OCC(=O)Nc2c(C#N)c(C)c(C)n2-c2ccccc2)cc1. The Morgan fingerprint density at radius 1 is 0.970 bits per heavy atom. The van der Waals surface area contributed by atoms with Crippen LogP contribution in [0.15, 0.2) is 54.6 Å². The number of nitriles is 1. The van der Waals surface area contributed by atoms with E-state index in [-0.39, 0.29) is 6.61 Å². The van der Waals surface area contributed by atoms with Crippen LogP contribution in [-0.4, -0.2) is 36.3 Å². The van der Waals surface area contributed by atoms with Gasteiger partial charge in [0.1, 0.15) is 23.4 Å². The maximum absolute atomic E-state index is 12.5. The zero-order valence-corrected chi connectivity index (χ0v) is 18.8. The van der Waals surface area contributed by atoms with Crippen LogP contribution in [0.25, 0.3) is 5.69 Å². The maximum Gasteiger partial charge on any atom is 0.344 e. The fraction of sp³-hybridized carbons (Fsp3) is 0.240. The van der Waals surface area contributed by atoms with Crippen LogP contribution in [0.4, 0.5) is 5.82 Å². The second-order valence-corrected chi connectivity index (χ2v) is 7.12. The quantitative estimate of drug-likeness (QED) is 0.499. The van der Waals surface area contributed by atoms with Crippen molar-refractivity contribution in [2.75, 3.05) is 25.1 Å². The largest absolute Gasteiger partial charge is 0.494 e. The first-order valence-corrected chi connectivity index (χ1v) is 10.4. The van der Waals surface area contributed by atoms with Crippen molar-refractivity contribution in [1.82, 2.24) is 4.57 Å². The smallest absolute Gasteiger partial charge is 0.344 e. The lowest BCUT2D eigenvalue weighted by Crippen LogP contribution is -2.25. The summed E-state index contributed by atoms with van der Waals surface area (Å²) in [6.45, 7) is 5.29. The van der Waals surface area contributed by atoms with Crippen molar-refractivity contribution in [3.05, 3.63) is 71.4 Å². The second kappa shape index (κ2) is 10.9. The van der Waals surface area contributed by atoms with E-state index in [4.69, 9.17) is 14.2 Å². The molecule has 3 aromatic rings. The molecule has 0 bridgehead atoms. The summed E-state index contributed by atoms with van der Waals surface area (Å²) in [7, 11) is 0. The summed E-state index contributed by atoms with van der Waals surface area (Å²) < 4.78 is 17.5.